The largest absolute Gasteiger partial charge is 0.0843 e. The van der Waals surface area contributed by atoms with Crippen molar-refractivity contribution in [1.29, 1.82) is 0 Å². The lowest BCUT2D eigenvalue weighted by Gasteiger charge is -2.31. The van der Waals surface area contributed by atoms with E-state index in [-0.39, 0.29) is 5.41 Å². The first-order chi connectivity index (χ1) is 7.36. The van der Waals surface area contributed by atoms with Gasteiger partial charge < -0.3 is 0 Å². The van der Waals surface area contributed by atoms with Crippen LogP contribution in [0, 0.1) is 5.41 Å². The number of halogens is 2. The van der Waals surface area contributed by atoms with Crippen molar-refractivity contribution in [1.82, 2.24) is 0 Å². The van der Waals surface area contributed by atoms with Gasteiger partial charge in [-0.25, -0.2) is 0 Å². The van der Waals surface area contributed by atoms with Crippen molar-refractivity contribution in [2.45, 2.75) is 46.5 Å². The normalized spacial score (nSPS) is 13.9. The molecule has 0 N–H and O–H groups in total. The van der Waals surface area contributed by atoms with Gasteiger partial charge in [0.2, 0.25) is 0 Å². The molecule has 0 saturated carbocycles. The Morgan fingerprint density at radius 1 is 1.19 bits per heavy atom. The highest BCUT2D eigenvalue weighted by atomic mass is 35.5. The van der Waals surface area contributed by atoms with Gasteiger partial charge in [-0.1, -0.05) is 63.4 Å². The van der Waals surface area contributed by atoms with E-state index >= 15 is 0 Å². The standard InChI is InChI=1S/C14H20Cl2/c1-5-6-12(14(2,3)4)11-8-7-10(15)9-13(11)16/h7-9,12H,5-6H2,1-4H3. The minimum atomic E-state index is 0.230. The molecule has 0 nitrogen and oxygen atoms in total. The average Bonchev–Trinajstić information content (AvgIpc) is 2.13. The molecule has 0 radical (unpaired) electrons. The Morgan fingerprint density at radius 3 is 2.25 bits per heavy atom. The predicted molar refractivity (Wildman–Crippen MR) is 73.6 cm³/mol. The molecule has 0 saturated heterocycles. The maximum absolute atomic E-state index is 6.28. The number of rotatable bonds is 3. The Kier molecular flexibility index (Phi) is 4.70. The molecule has 1 aromatic rings. The third kappa shape index (κ3) is 3.40. The molecule has 0 spiro atoms. The fourth-order valence-electron chi connectivity index (χ4n) is 2.13. The fraction of sp³-hybridized carbons (Fsp3) is 0.571. The molecular weight excluding hydrogens is 239 g/mol. The lowest BCUT2D eigenvalue weighted by Crippen LogP contribution is -2.18. The second-order valence-corrected chi connectivity index (χ2v) is 6.22. The lowest BCUT2D eigenvalue weighted by atomic mass is 9.74. The van der Waals surface area contributed by atoms with Gasteiger partial charge in [0.05, 0.1) is 0 Å². The zero-order valence-electron chi connectivity index (χ0n) is 10.5. The highest BCUT2D eigenvalue weighted by molar-refractivity contribution is 6.35. The van der Waals surface area contributed by atoms with Crippen LogP contribution in [0.15, 0.2) is 18.2 Å². The van der Waals surface area contributed by atoms with Gasteiger partial charge in [0, 0.05) is 10.0 Å². The second-order valence-electron chi connectivity index (χ2n) is 5.37. The van der Waals surface area contributed by atoms with Crippen LogP contribution in [0.2, 0.25) is 10.0 Å². The van der Waals surface area contributed by atoms with Crippen LogP contribution in [0.1, 0.15) is 52.0 Å². The van der Waals surface area contributed by atoms with E-state index in [4.69, 9.17) is 23.2 Å². The number of hydrogen-bond donors (Lipinski definition) is 0. The molecule has 2 heteroatoms. The zero-order valence-corrected chi connectivity index (χ0v) is 12.0. The van der Waals surface area contributed by atoms with E-state index < -0.39 is 0 Å². The molecule has 90 valence electrons. The van der Waals surface area contributed by atoms with Crippen molar-refractivity contribution in [3.8, 4) is 0 Å². The maximum Gasteiger partial charge on any atom is 0.0455 e. The monoisotopic (exact) mass is 258 g/mol. The van der Waals surface area contributed by atoms with E-state index in [1.165, 1.54) is 12.0 Å². The van der Waals surface area contributed by atoms with Crippen molar-refractivity contribution in [2.24, 2.45) is 5.41 Å². The fourth-order valence-corrected chi connectivity index (χ4v) is 2.67. The van der Waals surface area contributed by atoms with Crippen LogP contribution >= 0.6 is 23.2 Å². The molecule has 1 atom stereocenters. The summed E-state index contributed by atoms with van der Waals surface area (Å²) < 4.78 is 0. The van der Waals surface area contributed by atoms with Crippen LogP contribution in [0.4, 0.5) is 0 Å². The maximum atomic E-state index is 6.28. The van der Waals surface area contributed by atoms with Crippen LogP contribution in [0.25, 0.3) is 0 Å². The average molecular weight is 259 g/mol. The molecule has 0 aliphatic heterocycles. The van der Waals surface area contributed by atoms with E-state index in [0.29, 0.717) is 10.9 Å². The molecular formula is C14H20Cl2. The van der Waals surface area contributed by atoms with Gasteiger partial charge in [0.1, 0.15) is 0 Å². The molecule has 0 aliphatic carbocycles. The predicted octanol–water partition coefficient (Wildman–Crippen LogP) is 5.92. The van der Waals surface area contributed by atoms with Gasteiger partial charge >= 0.3 is 0 Å². The van der Waals surface area contributed by atoms with Crippen LogP contribution in [-0.4, -0.2) is 0 Å². The molecule has 0 amide bonds. The third-order valence-corrected chi connectivity index (χ3v) is 3.52. The lowest BCUT2D eigenvalue weighted by molar-refractivity contribution is 0.303. The van der Waals surface area contributed by atoms with Gasteiger partial charge in [-0.05, 0) is 35.4 Å². The van der Waals surface area contributed by atoms with Gasteiger partial charge in [0.15, 0.2) is 0 Å². The van der Waals surface area contributed by atoms with Crippen LogP contribution in [0.5, 0.6) is 0 Å². The minimum Gasteiger partial charge on any atom is -0.0843 e. The van der Waals surface area contributed by atoms with Crippen molar-refractivity contribution in [3.05, 3.63) is 33.8 Å². The molecule has 16 heavy (non-hydrogen) atoms. The Labute approximate surface area is 109 Å². The van der Waals surface area contributed by atoms with Crippen molar-refractivity contribution in [3.63, 3.8) is 0 Å². The highest BCUT2D eigenvalue weighted by Gasteiger charge is 2.26. The quantitative estimate of drug-likeness (QED) is 0.631. The van der Waals surface area contributed by atoms with E-state index in [9.17, 15) is 0 Å². The summed E-state index contributed by atoms with van der Waals surface area (Å²) in [6.45, 7) is 9.00. The first kappa shape index (κ1) is 13.9. The summed E-state index contributed by atoms with van der Waals surface area (Å²) in [5.74, 6) is 0.488. The summed E-state index contributed by atoms with van der Waals surface area (Å²) in [6, 6.07) is 5.83. The summed E-state index contributed by atoms with van der Waals surface area (Å²) in [7, 11) is 0. The molecule has 1 rings (SSSR count). The third-order valence-electron chi connectivity index (χ3n) is 2.96. The molecule has 0 fully saturated rings. The Hall–Kier alpha value is -0.200. The van der Waals surface area contributed by atoms with E-state index in [1.54, 1.807) is 0 Å². The van der Waals surface area contributed by atoms with Gasteiger partial charge in [-0.3, -0.25) is 0 Å². The van der Waals surface area contributed by atoms with E-state index in [0.717, 1.165) is 11.4 Å². The van der Waals surface area contributed by atoms with Gasteiger partial charge in [-0.15, -0.1) is 0 Å². The summed E-state index contributed by atoms with van der Waals surface area (Å²) >= 11 is 12.2. The second kappa shape index (κ2) is 5.42. The summed E-state index contributed by atoms with van der Waals surface area (Å²) in [5, 5.41) is 1.50. The highest BCUT2D eigenvalue weighted by Crippen LogP contribution is 2.41. The molecule has 1 unspecified atom stereocenters. The zero-order chi connectivity index (χ0) is 12.3. The smallest absolute Gasteiger partial charge is 0.0455 e. The minimum absolute atomic E-state index is 0.230. The summed E-state index contributed by atoms with van der Waals surface area (Å²) in [5.41, 5.74) is 1.45. The molecule has 0 aromatic heterocycles. The van der Waals surface area contributed by atoms with Crippen LogP contribution in [0.3, 0.4) is 0 Å². The molecule has 1 aromatic carbocycles. The number of hydrogen-bond acceptors (Lipinski definition) is 0. The van der Waals surface area contributed by atoms with Crippen molar-refractivity contribution in [2.75, 3.05) is 0 Å². The van der Waals surface area contributed by atoms with Crippen molar-refractivity contribution >= 4 is 23.2 Å². The number of benzene rings is 1. The Balaban J connectivity index is 3.11. The molecule has 0 heterocycles. The van der Waals surface area contributed by atoms with Crippen LogP contribution < -0.4 is 0 Å². The first-order valence-corrected chi connectivity index (χ1v) is 6.56. The van der Waals surface area contributed by atoms with E-state index in [2.05, 4.69) is 33.8 Å². The van der Waals surface area contributed by atoms with Gasteiger partial charge in [0.25, 0.3) is 0 Å². The SMILES string of the molecule is CCCC(c1ccc(Cl)cc1Cl)C(C)(C)C. The Morgan fingerprint density at radius 2 is 1.81 bits per heavy atom. The molecule has 0 bridgehead atoms. The topological polar surface area (TPSA) is 0 Å². The van der Waals surface area contributed by atoms with E-state index in [1.807, 2.05) is 12.1 Å². The molecule has 0 aliphatic rings. The van der Waals surface area contributed by atoms with Gasteiger partial charge in [-0.2, -0.15) is 0 Å². The first-order valence-electron chi connectivity index (χ1n) is 5.81. The Bertz CT molecular complexity index is 350. The summed E-state index contributed by atoms with van der Waals surface area (Å²) in [4.78, 5) is 0. The summed E-state index contributed by atoms with van der Waals surface area (Å²) in [6.07, 6.45) is 2.33. The van der Waals surface area contributed by atoms with Crippen molar-refractivity contribution < 1.29 is 0 Å². The van der Waals surface area contributed by atoms with Crippen LogP contribution in [-0.2, 0) is 0 Å².